The highest BCUT2D eigenvalue weighted by Gasteiger charge is 2.12. The lowest BCUT2D eigenvalue weighted by Gasteiger charge is -2.17. The fraction of sp³-hybridized carbons (Fsp3) is 0.312. The Morgan fingerprint density at radius 2 is 1.95 bits per heavy atom. The summed E-state index contributed by atoms with van der Waals surface area (Å²) >= 11 is 3.56. The van der Waals surface area contributed by atoms with Gasteiger partial charge in [-0.15, -0.1) is 0 Å². The number of aromatic nitrogens is 1. The molecule has 0 bridgehead atoms. The van der Waals surface area contributed by atoms with Crippen molar-refractivity contribution in [1.29, 1.82) is 0 Å². The van der Waals surface area contributed by atoms with Crippen LogP contribution in [0, 0.1) is 13.8 Å². The van der Waals surface area contributed by atoms with Gasteiger partial charge in [-0.1, -0.05) is 28.1 Å². The predicted molar refractivity (Wildman–Crippen MR) is 83.4 cm³/mol. The number of rotatable bonds is 4. The van der Waals surface area contributed by atoms with Crippen molar-refractivity contribution in [3.8, 4) is 0 Å². The van der Waals surface area contributed by atoms with Gasteiger partial charge in [-0.25, -0.2) is 0 Å². The van der Waals surface area contributed by atoms with E-state index < -0.39 is 0 Å². The molecule has 1 N–H and O–H groups in total. The van der Waals surface area contributed by atoms with E-state index in [0.717, 1.165) is 16.6 Å². The fourth-order valence-corrected chi connectivity index (χ4v) is 2.81. The zero-order chi connectivity index (χ0) is 13.8. The molecule has 0 radical (unpaired) electrons. The molecule has 0 amide bonds. The number of aryl methyl sites for hydroxylation is 2. The first kappa shape index (κ1) is 14.2. The molecule has 2 aromatic rings. The number of benzene rings is 1. The molecule has 0 aliphatic heterocycles. The van der Waals surface area contributed by atoms with Gasteiger partial charge in [0.15, 0.2) is 0 Å². The summed E-state index contributed by atoms with van der Waals surface area (Å²) in [6.45, 7) is 4.18. The summed E-state index contributed by atoms with van der Waals surface area (Å²) in [6, 6.07) is 11.0. The molecule has 3 heteroatoms. The molecular weight excluding hydrogens is 300 g/mol. The average molecular weight is 319 g/mol. The third-order valence-electron chi connectivity index (χ3n) is 3.20. The van der Waals surface area contributed by atoms with Crippen LogP contribution in [-0.4, -0.2) is 12.0 Å². The first-order valence-corrected chi connectivity index (χ1v) is 7.23. The SMILES string of the molecule is CNC(Cc1ccc(C)cn1)c1cc(C)cc(Br)c1. The Morgan fingerprint density at radius 1 is 1.16 bits per heavy atom. The molecule has 1 aromatic carbocycles. The van der Waals surface area contributed by atoms with Gasteiger partial charge in [0.05, 0.1) is 0 Å². The molecule has 0 aliphatic carbocycles. The van der Waals surface area contributed by atoms with Gasteiger partial charge in [0.25, 0.3) is 0 Å². The minimum Gasteiger partial charge on any atom is -0.313 e. The minimum atomic E-state index is 0.284. The molecule has 0 aliphatic rings. The standard InChI is InChI=1S/C16H19BrN2/c1-11-4-5-15(19-10-11)9-16(18-3)13-6-12(2)7-14(17)8-13/h4-8,10,16,18H,9H2,1-3H3. The second kappa shape index (κ2) is 6.31. The zero-order valence-corrected chi connectivity index (χ0v) is 13.2. The second-order valence-electron chi connectivity index (χ2n) is 4.93. The van der Waals surface area contributed by atoms with Crippen molar-refractivity contribution in [2.24, 2.45) is 0 Å². The van der Waals surface area contributed by atoms with Gasteiger partial charge in [0, 0.05) is 28.8 Å². The summed E-state index contributed by atoms with van der Waals surface area (Å²) in [5, 5.41) is 3.38. The van der Waals surface area contributed by atoms with Crippen LogP contribution in [0.25, 0.3) is 0 Å². The lowest BCUT2D eigenvalue weighted by atomic mass is 10.00. The molecule has 2 nitrogen and oxygen atoms in total. The Kier molecular flexibility index (Phi) is 4.72. The minimum absolute atomic E-state index is 0.284. The third-order valence-corrected chi connectivity index (χ3v) is 3.66. The number of halogens is 1. The van der Waals surface area contributed by atoms with Gasteiger partial charge in [-0.3, -0.25) is 4.98 Å². The highest BCUT2D eigenvalue weighted by Crippen LogP contribution is 2.23. The van der Waals surface area contributed by atoms with Crippen LogP contribution in [0.3, 0.4) is 0 Å². The molecule has 1 heterocycles. The van der Waals surface area contributed by atoms with Crippen LogP contribution in [0.2, 0.25) is 0 Å². The number of likely N-dealkylation sites (N-methyl/N-ethyl adjacent to an activating group) is 1. The van der Waals surface area contributed by atoms with Crippen molar-refractivity contribution in [2.75, 3.05) is 7.05 Å². The molecule has 0 saturated heterocycles. The molecule has 1 atom stereocenters. The van der Waals surface area contributed by atoms with E-state index in [1.807, 2.05) is 13.2 Å². The van der Waals surface area contributed by atoms with E-state index in [1.165, 1.54) is 16.7 Å². The summed E-state index contributed by atoms with van der Waals surface area (Å²) in [5.41, 5.74) is 4.86. The second-order valence-corrected chi connectivity index (χ2v) is 5.85. The highest BCUT2D eigenvalue weighted by atomic mass is 79.9. The Morgan fingerprint density at radius 3 is 2.53 bits per heavy atom. The van der Waals surface area contributed by atoms with Crippen LogP contribution in [-0.2, 0) is 6.42 Å². The van der Waals surface area contributed by atoms with Crippen molar-refractivity contribution >= 4 is 15.9 Å². The van der Waals surface area contributed by atoms with E-state index in [0.29, 0.717) is 0 Å². The van der Waals surface area contributed by atoms with E-state index >= 15 is 0 Å². The van der Waals surface area contributed by atoms with E-state index in [1.54, 1.807) is 0 Å². The number of hydrogen-bond donors (Lipinski definition) is 1. The van der Waals surface area contributed by atoms with Gasteiger partial charge < -0.3 is 5.32 Å². The van der Waals surface area contributed by atoms with E-state index in [4.69, 9.17) is 0 Å². The van der Waals surface area contributed by atoms with Crippen LogP contribution in [0.1, 0.15) is 28.4 Å². The topological polar surface area (TPSA) is 24.9 Å². The smallest absolute Gasteiger partial charge is 0.0422 e. The van der Waals surface area contributed by atoms with Gasteiger partial charge in [0.1, 0.15) is 0 Å². The molecular formula is C16H19BrN2. The van der Waals surface area contributed by atoms with Crippen LogP contribution < -0.4 is 5.32 Å². The number of nitrogens with zero attached hydrogens (tertiary/aromatic N) is 1. The first-order valence-electron chi connectivity index (χ1n) is 6.44. The quantitative estimate of drug-likeness (QED) is 0.922. The molecule has 19 heavy (non-hydrogen) atoms. The molecule has 2 rings (SSSR count). The summed E-state index contributed by atoms with van der Waals surface area (Å²) in [4.78, 5) is 4.48. The first-order chi connectivity index (χ1) is 9.08. The predicted octanol–water partition coefficient (Wildman–Crippen LogP) is 3.96. The van der Waals surface area contributed by atoms with Gasteiger partial charge in [0.2, 0.25) is 0 Å². The molecule has 0 fully saturated rings. The largest absolute Gasteiger partial charge is 0.313 e. The Hall–Kier alpha value is -1.19. The number of hydrogen-bond acceptors (Lipinski definition) is 2. The molecule has 100 valence electrons. The van der Waals surface area contributed by atoms with Crippen molar-refractivity contribution in [1.82, 2.24) is 10.3 Å². The summed E-state index contributed by atoms with van der Waals surface area (Å²) in [5.74, 6) is 0. The Bertz CT molecular complexity index is 529. The normalized spacial score (nSPS) is 12.4. The van der Waals surface area contributed by atoms with Crippen LogP contribution >= 0.6 is 15.9 Å². The Labute approximate surface area is 123 Å². The van der Waals surface area contributed by atoms with E-state index in [2.05, 4.69) is 70.4 Å². The molecule has 0 spiro atoms. The van der Waals surface area contributed by atoms with Gasteiger partial charge in [-0.2, -0.15) is 0 Å². The molecule has 1 aromatic heterocycles. The van der Waals surface area contributed by atoms with Gasteiger partial charge >= 0.3 is 0 Å². The summed E-state index contributed by atoms with van der Waals surface area (Å²) in [7, 11) is 2.00. The maximum absolute atomic E-state index is 4.48. The van der Waals surface area contributed by atoms with E-state index in [9.17, 15) is 0 Å². The van der Waals surface area contributed by atoms with Crippen LogP contribution in [0.5, 0.6) is 0 Å². The van der Waals surface area contributed by atoms with Crippen molar-refractivity contribution < 1.29 is 0 Å². The van der Waals surface area contributed by atoms with Gasteiger partial charge in [-0.05, 0) is 55.8 Å². The maximum atomic E-state index is 4.48. The molecule has 0 saturated carbocycles. The van der Waals surface area contributed by atoms with Crippen molar-refractivity contribution in [3.05, 3.63) is 63.4 Å². The third kappa shape index (κ3) is 3.88. The fourth-order valence-electron chi connectivity index (χ4n) is 2.18. The lowest BCUT2D eigenvalue weighted by Crippen LogP contribution is -2.19. The summed E-state index contributed by atoms with van der Waals surface area (Å²) in [6.07, 6.45) is 2.82. The summed E-state index contributed by atoms with van der Waals surface area (Å²) < 4.78 is 1.12. The van der Waals surface area contributed by atoms with Crippen molar-refractivity contribution in [2.45, 2.75) is 26.3 Å². The van der Waals surface area contributed by atoms with E-state index in [-0.39, 0.29) is 6.04 Å². The Balaban J connectivity index is 2.22. The molecule has 1 unspecified atom stereocenters. The average Bonchev–Trinajstić information content (AvgIpc) is 2.37. The van der Waals surface area contributed by atoms with Crippen LogP contribution in [0.15, 0.2) is 41.0 Å². The monoisotopic (exact) mass is 318 g/mol. The zero-order valence-electron chi connectivity index (χ0n) is 11.6. The maximum Gasteiger partial charge on any atom is 0.0422 e. The highest BCUT2D eigenvalue weighted by molar-refractivity contribution is 9.10. The number of nitrogens with one attached hydrogen (secondary N) is 1. The number of pyridine rings is 1. The van der Waals surface area contributed by atoms with Crippen LogP contribution in [0.4, 0.5) is 0 Å². The van der Waals surface area contributed by atoms with Crippen molar-refractivity contribution in [3.63, 3.8) is 0 Å². The lowest BCUT2D eigenvalue weighted by molar-refractivity contribution is 0.583.